The molecule has 1 aliphatic rings. The van der Waals surface area contributed by atoms with Crippen LogP contribution < -0.4 is 32.7 Å². The minimum atomic E-state index is -1.01. The number of carbonyl (C=O) groups is 5. The third-order valence-electron chi connectivity index (χ3n) is 8.30. The molecule has 0 aromatic heterocycles. The van der Waals surface area contributed by atoms with Crippen LogP contribution in [-0.2, 0) is 36.8 Å². The van der Waals surface area contributed by atoms with Crippen LogP contribution in [0.2, 0.25) is 0 Å². The van der Waals surface area contributed by atoms with Crippen LogP contribution in [0.5, 0.6) is 0 Å². The van der Waals surface area contributed by atoms with Gasteiger partial charge in [0.25, 0.3) is 0 Å². The number of nitrogens with one attached hydrogen (secondary N) is 4. The van der Waals surface area contributed by atoms with E-state index in [0.717, 1.165) is 11.1 Å². The van der Waals surface area contributed by atoms with Crippen LogP contribution in [-0.4, -0.2) is 77.9 Å². The molecular weight excluding hydrogens is 600 g/mol. The van der Waals surface area contributed by atoms with Crippen molar-refractivity contribution in [3.63, 3.8) is 0 Å². The minimum Gasteiger partial charge on any atom is -0.480 e. The number of hydrogen-bond acceptors (Lipinski definition) is 8. The van der Waals surface area contributed by atoms with E-state index < -0.39 is 53.9 Å². The molecule has 1 fully saturated rings. The van der Waals surface area contributed by atoms with Gasteiger partial charge in [-0.2, -0.15) is 0 Å². The van der Waals surface area contributed by atoms with Crippen molar-refractivity contribution < 1.29 is 29.1 Å². The molecule has 9 N–H and O–H groups in total. The molecule has 0 aliphatic carbocycles. The van der Waals surface area contributed by atoms with Crippen LogP contribution in [0, 0.1) is 11.8 Å². The third-order valence-corrected chi connectivity index (χ3v) is 8.30. The largest absolute Gasteiger partial charge is 0.480 e. The normalized spacial score (nSPS) is 18.5. The molecule has 0 bridgehead atoms. The molecular formula is C35H50N6O6. The van der Waals surface area contributed by atoms with E-state index in [9.17, 15) is 29.1 Å². The van der Waals surface area contributed by atoms with E-state index in [1.807, 2.05) is 74.5 Å². The van der Waals surface area contributed by atoms with E-state index in [1.54, 1.807) is 0 Å². The molecule has 3 rings (SSSR count). The maximum absolute atomic E-state index is 13.8. The van der Waals surface area contributed by atoms with Crippen LogP contribution >= 0.6 is 0 Å². The van der Waals surface area contributed by atoms with Gasteiger partial charge in [0.05, 0.1) is 12.1 Å². The standard InChI is InChI=1S/C35H50N6O6/c1-22(2)16-28(33(44)39-27(14-9-15-36)31(42)20-25-19-30(35(46)47)38-21-25)41-34(45)29(18-24-12-7-4-8-13-24)40-32(43)26(37)17-23-10-5-3-6-11-23/h3-8,10-13,22,25-30,38H,9,14-21,36-37H2,1-2H3,(H,39,44)(H,40,43)(H,41,45)(H,46,47)/t25-,26+,27+,28+,29+,30-/m0/s1. The lowest BCUT2D eigenvalue weighted by Crippen LogP contribution is -2.58. The summed E-state index contributed by atoms with van der Waals surface area (Å²) in [5.74, 6) is -2.86. The zero-order valence-electron chi connectivity index (χ0n) is 27.3. The van der Waals surface area contributed by atoms with Crippen LogP contribution in [0.15, 0.2) is 60.7 Å². The Bertz CT molecular complexity index is 1320. The number of amides is 3. The SMILES string of the molecule is CC(C)C[C@@H](NC(=O)[C@@H](Cc1ccccc1)NC(=O)[C@H](N)Cc1ccccc1)C(=O)N[C@H](CCCN)C(=O)C[C@H]1CN[C@H](C(=O)O)C1. The zero-order chi connectivity index (χ0) is 34.3. The Morgan fingerprint density at radius 2 is 1.38 bits per heavy atom. The molecule has 2 aromatic carbocycles. The van der Waals surface area contributed by atoms with Crippen molar-refractivity contribution in [3.05, 3.63) is 71.8 Å². The van der Waals surface area contributed by atoms with Crippen LogP contribution in [0.3, 0.4) is 0 Å². The molecule has 2 aromatic rings. The number of rotatable bonds is 19. The first-order chi connectivity index (χ1) is 22.5. The van der Waals surface area contributed by atoms with Gasteiger partial charge >= 0.3 is 5.97 Å². The molecule has 12 nitrogen and oxygen atoms in total. The summed E-state index contributed by atoms with van der Waals surface area (Å²) in [7, 11) is 0. The minimum absolute atomic E-state index is 0.0169. The zero-order valence-corrected chi connectivity index (χ0v) is 27.3. The van der Waals surface area contributed by atoms with Gasteiger partial charge in [0, 0.05) is 12.8 Å². The van der Waals surface area contributed by atoms with Gasteiger partial charge in [-0.25, -0.2) is 0 Å². The number of hydrogen-bond donors (Lipinski definition) is 7. The molecule has 12 heteroatoms. The van der Waals surface area contributed by atoms with Gasteiger partial charge in [-0.3, -0.25) is 24.0 Å². The maximum Gasteiger partial charge on any atom is 0.320 e. The first-order valence-corrected chi connectivity index (χ1v) is 16.4. The summed E-state index contributed by atoms with van der Waals surface area (Å²) in [6.45, 7) is 4.56. The fraction of sp³-hybridized carbons (Fsp3) is 0.514. The number of carboxylic acid groups (broad SMARTS) is 1. The summed E-state index contributed by atoms with van der Waals surface area (Å²) in [6.07, 6.45) is 2.01. The Morgan fingerprint density at radius 3 is 1.94 bits per heavy atom. The highest BCUT2D eigenvalue weighted by Gasteiger charge is 2.34. The van der Waals surface area contributed by atoms with Crippen LogP contribution in [0.25, 0.3) is 0 Å². The second-order valence-electron chi connectivity index (χ2n) is 12.8. The van der Waals surface area contributed by atoms with Crippen LogP contribution in [0.1, 0.15) is 57.1 Å². The number of carbonyl (C=O) groups excluding carboxylic acids is 4. The summed E-state index contributed by atoms with van der Waals surface area (Å²) < 4.78 is 0. The highest BCUT2D eigenvalue weighted by molar-refractivity contribution is 5.95. The van der Waals surface area contributed by atoms with Gasteiger partial charge in [0.15, 0.2) is 5.78 Å². The van der Waals surface area contributed by atoms with Crippen molar-refractivity contribution in [1.29, 1.82) is 0 Å². The smallest absolute Gasteiger partial charge is 0.320 e. The van der Waals surface area contributed by atoms with E-state index >= 15 is 0 Å². The number of carboxylic acids is 1. The fourth-order valence-electron chi connectivity index (χ4n) is 5.76. The molecule has 1 saturated heterocycles. The lowest BCUT2D eigenvalue weighted by atomic mass is 9.93. The molecule has 1 aliphatic heterocycles. The number of aliphatic carboxylic acids is 1. The fourth-order valence-corrected chi connectivity index (χ4v) is 5.76. The van der Waals surface area contributed by atoms with Crippen molar-refractivity contribution in [3.8, 4) is 0 Å². The van der Waals surface area contributed by atoms with E-state index in [-0.39, 0.29) is 36.9 Å². The summed E-state index contributed by atoms with van der Waals surface area (Å²) in [4.78, 5) is 65.3. The first-order valence-electron chi connectivity index (χ1n) is 16.4. The van der Waals surface area contributed by atoms with Crippen molar-refractivity contribution in [2.75, 3.05) is 13.1 Å². The number of benzene rings is 2. The van der Waals surface area contributed by atoms with Gasteiger partial charge in [-0.1, -0.05) is 74.5 Å². The quantitative estimate of drug-likeness (QED) is 0.116. The van der Waals surface area contributed by atoms with E-state index in [2.05, 4.69) is 21.3 Å². The Balaban J connectivity index is 1.73. The molecule has 0 radical (unpaired) electrons. The van der Waals surface area contributed by atoms with Crippen molar-refractivity contribution in [2.24, 2.45) is 23.3 Å². The second kappa shape index (κ2) is 18.9. The van der Waals surface area contributed by atoms with E-state index in [1.165, 1.54) is 0 Å². The molecule has 256 valence electrons. The molecule has 0 unspecified atom stereocenters. The molecule has 47 heavy (non-hydrogen) atoms. The summed E-state index contributed by atoms with van der Waals surface area (Å²) in [6, 6.07) is 14.1. The highest BCUT2D eigenvalue weighted by atomic mass is 16.4. The molecule has 0 spiro atoms. The summed E-state index contributed by atoms with van der Waals surface area (Å²) in [5.41, 5.74) is 13.6. The second-order valence-corrected chi connectivity index (χ2v) is 12.8. The molecule has 6 atom stereocenters. The Labute approximate surface area is 276 Å². The summed E-state index contributed by atoms with van der Waals surface area (Å²) in [5, 5.41) is 20.7. The van der Waals surface area contributed by atoms with Gasteiger partial charge < -0.3 is 37.8 Å². The average molecular weight is 651 g/mol. The lowest BCUT2D eigenvalue weighted by Gasteiger charge is -2.27. The monoisotopic (exact) mass is 650 g/mol. The lowest BCUT2D eigenvalue weighted by molar-refractivity contribution is -0.139. The van der Waals surface area contributed by atoms with Gasteiger partial charge in [0.1, 0.15) is 18.1 Å². The van der Waals surface area contributed by atoms with E-state index in [0.29, 0.717) is 38.8 Å². The Morgan fingerprint density at radius 1 is 0.830 bits per heavy atom. The van der Waals surface area contributed by atoms with Crippen molar-refractivity contribution in [2.45, 2.75) is 89.0 Å². The first kappa shape index (κ1) is 37.3. The van der Waals surface area contributed by atoms with Gasteiger partial charge in [-0.05, 0) is 68.2 Å². The van der Waals surface area contributed by atoms with Crippen LogP contribution in [0.4, 0.5) is 0 Å². The molecule has 3 amide bonds. The molecule has 1 heterocycles. The average Bonchev–Trinajstić information content (AvgIpc) is 3.51. The number of ketones is 1. The third kappa shape index (κ3) is 12.5. The van der Waals surface area contributed by atoms with Crippen molar-refractivity contribution >= 4 is 29.5 Å². The highest BCUT2D eigenvalue weighted by Crippen LogP contribution is 2.20. The van der Waals surface area contributed by atoms with E-state index in [4.69, 9.17) is 11.5 Å². The topological polar surface area (TPSA) is 206 Å². The van der Waals surface area contributed by atoms with Gasteiger partial charge in [0.2, 0.25) is 17.7 Å². The molecule has 0 saturated carbocycles. The summed E-state index contributed by atoms with van der Waals surface area (Å²) >= 11 is 0. The Hall–Kier alpha value is -4.13. The predicted octanol–water partition coefficient (Wildman–Crippen LogP) is 1.06. The predicted molar refractivity (Wildman–Crippen MR) is 179 cm³/mol. The number of Topliss-reactive ketones (excluding diaryl/α,β-unsaturated/α-hetero) is 1. The number of nitrogens with two attached hydrogens (primary N) is 2. The van der Waals surface area contributed by atoms with Gasteiger partial charge in [-0.15, -0.1) is 0 Å². The maximum atomic E-state index is 13.8. The Kier molecular flexibility index (Phi) is 15.0. The van der Waals surface area contributed by atoms with Crippen molar-refractivity contribution in [1.82, 2.24) is 21.3 Å².